The van der Waals surface area contributed by atoms with E-state index >= 15 is 0 Å². The molecule has 0 spiro atoms. The molecule has 2 aliphatic heterocycles. The monoisotopic (exact) mass is 354 g/mol. The lowest BCUT2D eigenvalue weighted by molar-refractivity contribution is 0.199. The molecule has 0 bridgehead atoms. The van der Waals surface area contributed by atoms with Gasteiger partial charge in [0.1, 0.15) is 11.6 Å². The molecule has 2 saturated heterocycles. The van der Waals surface area contributed by atoms with Gasteiger partial charge in [-0.3, -0.25) is 14.8 Å². The van der Waals surface area contributed by atoms with Crippen molar-refractivity contribution in [2.75, 3.05) is 26.2 Å². The lowest BCUT2D eigenvalue weighted by Crippen LogP contribution is -2.33. The van der Waals surface area contributed by atoms with Gasteiger partial charge in [0.15, 0.2) is 0 Å². The molecule has 2 aromatic rings. The van der Waals surface area contributed by atoms with Crippen molar-refractivity contribution in [3.05, 3.63) is 41.7 Å². The Kier molecular flexibility index (Phi) is 5.60. The van der Waals surface area contributed by atoms with Crippen molar-refractivity contribution < 1.29 is 0 Å². The van der Waals surface area contributed by atoms with Crippen LogP contribution in [0.3, 0.4) is 0 Å². The van der Waals surface area contributed by atoms with Crippen LogP contribution >= 0.6 is 0 Å². The highest BCUT2D eigenvalue weighted by atomic mass is 15.3. The normalized spacial score (nSPS) is 20.5. The van der Waals surface area contributed by atoms with Gasteiger partial charge in [-0.05, 0) is 63.5 Å². The number of nitrogens with zero attached hydrogens (tertiary/aromatic N) is 6. The van der Waals surface area contributed by atoms with Crippen LogP contribution in [0.25, 0.3) is 0 Å². The minimum absolute atomic E-state index is 0.535. The third-order valence-corrected chi connectivity index (χ3v) is 5.89. The van der Waals surface area contributed by atoms with E-state index in [1.54, 1.807) is 0 Å². The average Bonchev–Trinajstić information content (AvgIpc) is 3.05. The predicted molar refractivity (Wildman–Crippen MR) is 102 cm³/mol. The number of hydrogen-bond acceptors (Lipinski definition) is 5. The molecule has 0 radical (unpaired) electrons. The lowest BCUT2D eigenvalue weighted by atomic mass is 9.95. The van der Waals surface area contributed by atoms with E-state index in [4.69, 9.17) is 0 Å². The third kappa shape index (κ3) is 4.13. The molecule has 0 amide bonds. The summed E-state index contributed by atoms with van der Waals surface area (Å²) >= 11 is 0. The molecule has 2 aromatic heterocycles. The summed E-state index contributed by atoms with van der Waals surface area (Å²) in [4.78, 5) is 9.27. The maximum absolute atomic E-state index is 4.57. The van der Waals surface area contributed by atoms with E-state index < -0.39 is 0 Å². The highest BCUT2D eigenvalue weighted by molar-refractivity contribution is 5.09. The fourth-order valence-corrected chi connectivity index (χ4v) is 4.29. The van der Waals surface area contributed by atoms with Crippen LogP contribution < -0.4 is 0 Å². The van der Waals surface area contributed by atoms with Crippen molar-refractivity contribution >= 4 is 0 Å². The van der Waals surface area contributed by atoms with Gasteiger partial charge in [-0.25, -0.2) is 0 Å². The first kappa shape index (κ1) is 17.6. The molecule has 2 fully saturated rings. The van der Waals surface area contributed by atoms with Crippen LogP contribution in [0.15, 0.2) is 24.5 Å². The summed E-state index contributed by atoms with van der Waals surface area (Å²) < 4.78 is 2.26. The Morgan fingerprint density at radius 1 is 0.962 bits per heavy atom. The Morgan fingerprint density at radius 3 is 2.46 bits per heavy atom. The van der Waals surface area contributed by atoms with E-state index in [0.717, 1.165) is 44.8 Å². The lowest BCUT2D eigenvalue weighted by Gasteiger charge is -2.31. The Hall–Kier alpha value is -1.79. The Labute approximate surface area is 156 Å². The van der Waals surface area contributed by atoms with E-state index in [2.05, 4.69) is 42.7 Å². The second-order valence-electron chi connectivity index (χ2n) is 7.78. The number of aromatic nitrogens is 4. The number of rotatable bonds is 5. The molecule has 140 valence electrons. The van der Waals surface area contributed by atoms with Gasteiger partial charge in [0, 0.05) is 31.9 Å². The Morgan fingerprint density at radius 2 is 1.73 bits per heavy atom. The average molecular weight is 355 g/mol. The van der Waals surface area contributed by atoms with Crippen molar-refractivity contribution in [2.45, 2.75) is 51.1 Å². The summed E-state index contributed by atoms with van der Waals surface area (Å²) in [7, 11) is 2.15. The van der Waals surface area contributed by atoms with Crippen LogP contribution in [0.4, 0.5) is 0 Å². The molecule has 0 aliphatic carbocycles. The molecule has 6 nitrogen and oxygen atoms in total. The largest absolute Gasteiger partial charge is 0.317 e. The number of pyridine rings is 1. The molecule has 0 N–H and O–H groups in total. The zero-order valence-electron chi connectivity index (χ0n) is 15.8. The van der Waals surface area contributed by atoms with Crippen molar-refractivity contribution in [2.24, 2.45) is 7.05 Å². The van der Waals surface area contributed by atoms with E-state index in [1.807, 2.05) is 18.5 Å². The third-order valence-electron chi connectivity index (χ3n) is 5.89. The summed E-state index contributed by atoms with van der Waals surface area (Å²) in [5.74, 6) is 2.84. The van der Waals surface area contributed by atoms with Gasteiger partial charge in [-0.1, -0.05) is 12.5 Å². The fraction of sp³-hybridized carbons (Fsp3) is 0.650. The van der Waals surface area contributed by atoms with Crippen molar-refractivity contribution in [1.82, 2.24) is 29.5 Å². The van der Waals surface area contributed by atoms with Gasteiger partial charge >= 0.3 is 0 Å². The molecule has 0 aromatic carbocycles. The quantitative estimate of drug-likeness (QED) is 0.826. The second-order valence-corrected chi connectivity index (χ2v) is 7.78. The van der Waals surface area contributed by atoms with Crippen molar-refractivity contribution in [1.29, 1.82) is 0 Å². The van der Waals surface area contributed by atoms with E-state index in [-0.39, 0.29) is 0 Å². The Balaban J connectivity index is 1.33. The van der Waals surface area contributed by atoms with Gasteiger partial charge in [-0.15, -0.1) is 10.2 Å². The van der Waals surface area contributed by atoms with Crippen LogP contribution in [0.1, 0.15) is 55.2 Å². The maximum Gasteiger partial charge on any atom is 0.146 e. The second kappa shape index (κ2) is 8.27. The summed E-state index contributed by atoms with van der Waals surface area (Å²) in [6, 6.07) is 4.18. The first-order chi connectivity index (χ1) is 12.8. The zero-order valence-corrected chi connectivity index (χ0v) is 15.8. The molecule has 6 heteroatoms. The van der Waals surface area contributed by atoms with E-state index in [1.165, 1.54) is 43.7 Å². The number of hydrogen-bond donors (Lipinski definition) is 0. The molecule has 2 aliphatic rings. The highest BCUT2D eigenvalue weighted by Crippen LogP contribution is 2.27. The molecular formula is C20H30N6. The number of piperidine rings is 2. The van der Waals surface area contributed by atoms with Crippen LogP contribution in [-0.2, 0) is 20.1 Å². The first-order valence-electron chi connectivity index (χ1n) is 10.0. The smallest absolute Gasteiger partial charge is 0.146 e. The summed E-state index contributed by atoms with van der Waals surface area (Å²) in [5, 5.41) is 9.09. The SMILES string of the molecule is Cn1c(CN2CCCCC2)nnc1C1CCN(Cc2cccnc2)CC1. The van der Waals surface area contributed by atoms with Crippen LogP contribution in [0, 0.1) is 0 Å². The topological polar surface area (TPSA) is 50.1 Å². The van der Waals surface area contributed by atoms with Crippen molar-refractivity contribution in [3.8, 4) is 0 Å². The van der Waals surface area contributed by atoms with Crippen LogP contribution in [0.2, 0.25) is 0 Å². The number of likely N-dealkylation sites (tertiary alicyclic amines) is 2. The first-order valence-corrected chi connectivity index (χ1v) is 10.0. The van der Waals surface area contributed by atoms with Crippen LogP contribution in [0.5, 0.6) is 0 Å². The van der Waals surface area contributed by atoms with Gasteiger partial charge in [0.25, 0.3) is 0 Å². The summed E-state index contributed by atoms with van der Waals surface area (Å²) in [5.41, 5.74) is 1.30. The van der Waals surface area contributed by atoms with E-state index in [9.17, 15) is 0 Å². The molecule has 0 saturated carbocycles. The molecule has 0 atom stereocenters. The standard InChI is InChI=1S/C20H30N6/c1-24-19(16-25-10-3-2-4-11-25)22-23-20(24)18-7-12-26(13-8-18)15-17-6-5-9-21-14-17/h5-6,9,14,18H,2-4,7-8,10-13,15-16H2,1H3. The Bertz CT molecular complexity index is 684. The highest BCUT2D eigenvalue weighted by Gasteiger charge is 2.25. The molecular weight excluding hydrogens is 324 g/mol. The fourth-order valence-electron chi connectivity index (χ4n) is 4.29. The van der Waals surface area contributed by atoms with E-state index in [0.29, 0.717) is 5.92 Å². The van der Waals surface area contributed by atoms with Gasteiger partial charge in [0.2, 0.25) is 0 Å². The minimum Gasteiger partial charge on any atom is -0.317 e. The minimum atomic E-state index is 0.535. The van der Waals surface area contributed by atoms with Gasteiger partial charge in [-0.2, -0.15) is 0 Å². The molecule has 0 unspecified atom stereocenters. The molecule has 4 heterocycles. The van der Waals surface area contributed by atoms with Crippen molar-refractivity contribution in [3.63, 3.8) is 0 Å². The summed E-state index contributed by atoms with van der Waals surface area (Å²) in [6.07, 6.45) is 10.2. The molecule has 26 heavy (non-hydrogen) atoms. The maximum atomic E-state index is 4.57. The zero-order chi connectivity index (χ0) is 17.8. The van der Waals surface area contributed by atoms with Gasteiger partial charge < -0.3 is 4.57 Å². The van der Waals surface area contributed by atoms with Gasteiger partial charge in [0.05, 0.1) is 6.54 Å². The predicted octanol–water partition coefficient (Wildman–Crippen LogP) is 2.58. The summed E-state index contributed by atoms with van der Waals surface area (Å²) in [6.45, 7) is 6.59. The van der Waals surface area contributed by atoms with Crippen LogP contribution in [-0.4, -0.2) is 55.7 Å². The molecule has 4 rings (SSSR count).